The summed E-state index contributed by atoms with van der Waals surface area (Å²) in [5.74, 6) is 1.07. The maximum Gasteiger partial charge on any atom is 0.158 e. The number of aromatic nitrogens is 1. The first kappa shape index (κ1) is 14.2. The molecule has 1 aliphatic carbocycles. The normalized spacial score (nSPS) is 27.5. The topological polar surface area (TPSA) is 33.2 Å². The van der Waals surface area contributed by atoms with Gasteiger partial charge in [0.2, 0.25) is 0 Å². The van der Waals surface area contributed by atoms with Crippen LogP contribution in [0.3, 0.4) is 0 Å². The minimum atomic E-state index is -0.274. The summed E-state index contributed by atoms with van der Waals surface area (Å²) in [5, 5.41) is 0. The fourth-order valence-electron chi connectivity index (χ4n) is 3.05. The van der Waals surface area contributed by atoms with E-state index >= 15 is 0 Å². The van der Waals surface area contributed by atoms with Crippen LogP contribution >= 0.6 is 0 Å². The molecule has 0 unspecified atom stereocenters. The van der Waals surface area contributed by atoms with Crippen LogP contribution in [0.5, 0.6) is 0 Å². The lowest BCUT2D eigenvalue weighted by molar-refractivity contribution is -0.131. The Hall–Kier alpha value is -1.22. The number of carbonyl (C=O) groups is 1. The van der Waals surface area contributed by atoms with Crippen molar-refractivity contribution in [1.29, 1.82) is 0 Å². The van der Waals surface area contributed by atoms with Crippen molar-refractivity contribution < 1.29 is 4.79 Å². The van der Waals surface area contributed by atoms with Crippen LogP contribution in [-0.4, -0.2) is 35.3 Å². The standard InChI is InChI=1S/C16H24N2O/c1-13-7-9-16(10-8-13,18(2)3)15(19)12-14-6-4-5-11-17-14/h4-6,11,13H,7-10,12H2,1-3H3. The largest absolute Gasteiger partial charge is 0.297 e. The molecule has 1 saturated carbocycles. The Morgan fingerprint density at radius 3 is 2.58 bits per heavy atom. The molecular formula is C16H24N2O. The van der Waals surface area contributed by atoms with Crippen molar-refractivity contribution in [2.24, 2.45) is 5.92 Å². The Morgan fingerprint density at radius 2 is 2.05 bits per heavy atom. The van der Waals surface area contributed by atoms with Crippen molar-refractivity contribution in [3.05, 3.63) is 30.1 Å². The lowest BCUT2D eigenvalue weighted by atomic mass is 9.73. The summed E-state index contributed by atoms with van der Waals surface area (Å²) in [6, 6.07) is 5.77. The second-order valence-corrected chi connectivity index (χ2v) is 6.03. The summed E-state index contributed by atoms with van der Waals surface area (Å²) in [6.07, 6.45) is 6.46. The summed E-state index contributed by atoms with van der Waals surface area (Å²) in [7, 11) is 4.07. The second-order valence-electron chi connectivity index (χ2n) is 6.03. The Balaban J connectivity index is 2.13. The van der Waals surface area contributed by atoms with E-state index in [0.717, 1.165) is 37.3 Å². The molecule has 0 N–H and O–H groups in total. The molecule has 104 valence electrons. The van der Waals surface area contributed by atoms with Crippen molar-refractivity contribution in [3.8, 4) is 0 Å². The molecule has 0 amide bonds. The van der Waals surface area contributed by atoms with Crippen molar-refractivity contribution in [2.45, 2.75) is 44.6 Å². The quantitative estimate of drug-likeness (QED) is 0.834. The molecule has 1 aromatic rings. The first-order valence-electron chi connectivity index (χ1n) is 7.15. The van der Waals surface area contributed by atoms with Gasteiger partial charge in [0.25, 0.3) is 0 Å². The van der Waals surface area contributed by atoms with E-state index in [0.29, 0.717) is 12.2 Å². The fraction of sp³-hybridized carbons (Fsp3) is 0.625. The monoisotopic (exact) mass is 260 g/mol. The average molecular weight is 260 g/mol. The van der Waals surface area contributed by atoms with Gasteiger partial charge < -0.3 is 0 Å². The first-order valence-corrected chi connectivity index (χ1v) is 7.15. The number of carbonyl (C=O) groups excluding carboxylic acids is 1. The predicted octanol–water partition coefficient (Wildman–Crippen LogP) is 2.70. The maximum atomic E-state index is 12.8. The smallest absolute Gasteiger partial charge is 0.158 e. The molecule has 0 spiro atoms. The van der Waals surface area contributed by atoms with Crippen LogP contribution in [0.25, 0.3) is 0 Å². The van der Waals surface area contributed by atoms with Crippen LogP contribution in [0.1, 0.15) is 38.3 Å². The number of hydrogen-bond acceptors (Lipinski definition) is 3. The van der Waals surface area contributed by atoms with Gasteiger partial charge in [-0.2, -0.15) is 0 Å². The highest BCUT2D eigenvalue weighted by atomic mass is 16.1. The molecule has 3 nitrogen and oxygen atoms in total. The lowest BCUT2D eigenvalue weighted by Gasteiger charge is -2.43. The van der Waals surface area contributed by atoms with Gasteiger partial charge in [-0.15, -0.1) is 0 Å². The van der Waals surface area contributed by atoms with E-state index in [1.54, 1.807) is 6.20 Å². The summed E-state index contributed by atoms with van der Waals surface area (Å²) in [6.45, 7) is 2.28. The summed E-state index contributed by atoms with van der Waals surface area (Å²) in [4.78, 5) is 19.2. The van der Waals surface area contributed by atoms with Gasteiger partial charge in [-0.3, -0.25) is 14.7 Å². The molecule has 1 aromatic heterocycles. The van der Waals surface area contributed by atoms with E-state index in [1.165, 1.54) is 0 Å². The molecule has 0 bridgehead atoms. The zero-order valence-electron chi connectivity index (χ0n) is 12.2. The van der Waals surface area contributed by atoms with E-state index in [-0.39, 0.29) is 5.54 Å². The maximum absolute atomic E-state index is 12.8. The molecule has 0 aromatic carbocycles. The highest BCUT2D eigenvalue weighted by Gasteiger charge is 2.42. The summed E-state index contributed by atoms with van der Waals surface area (Å²) >= 11 is 0. The van der Waals surface area contributed by atoms with E-state index in [1.807, 2.05) is 32.3 Å². The minimum absolute atomic E-state index is 0.274. The number of ketones is 1. The van der Waals surface area contributed by atoms with Gasteiger partial charge in [0.15, 0.2) is 5.78 Å². The number of Topliss-reactive ketones (excluding diaryl/α,β-unsaturated/α-hetero) is 1. The third-order valence-corrected chi connectivity index (χ3v) is 4.54. The molecule has 0 radical (unpaired) electrons. The van der Waals surface area contributed by atoms with Gasteiger partial charge in [-0.1, -0.05) is 13.0 Å². The van der Waals surface area contributed by atoms with Gasteiger partial charge in [-0.05, 0) is 57.8 Å². The van der Waals surface area contributed by atoms with E-state index in [4.69, 9.17) is 0 Å². The van der Waals surface area contributed by atoms with Crippen LogP contribution in [0.15, 0.2) is 24.4 Å². The van der Waals surface area contributed by atoms with Crippen LogP contribution in [0.4, 0.5) is 0 Å². The Labute approximate surface area is 116 Å². The van der Waals surface area contributed by atoms with Gasteiger partial charge in [-0.25, -0.2) is 0 Å². The molecular weight excluding hydrogens is 236 g/mol. The van der Waals surface area contributed by atoms with Crippen molar-refractivity contribution in [2.75, 3.05) is 14.1 Å². The number of pyridine rings is 1. The second kappa shape index (κ2) is 5.83. The van der Waals surface area contributed by atoms with E-state index in [2.05, 4.69) is 16.8 Å². The first-order chi connectivity index (χ1) is 9.04. The third kappa shape index (κ3) is 3.03. The van der Waals surface area contributed by atoms with Crippen LogP contribution in [0, 0.1) is 5.92 Å². The third-order valence-electron chi connectivity index (χ3n) is 4.54. The van der Waals surface area contributed by atoms with Crippen LogP contribution < -0.4 is 0 Å². The van der Waals surface area contributed by atoms with Gasteiger partial charge >= 0.3 is 0 Å². The molecule has 2 rings (SSSR count). The van der Waals surface area contributed by atoms with Crippen molar-refractivity contribution >= 4 is 5.78 Å². The van der Waals surface area contributed by atoms with Gasteiger partial charge in [0.05, 0.1) is 12.0 Å². The molecule has 19 heavy (non-hydrogen) atoms. The van der Waals surface area contributed by atoms with Gasteiger partial charge in [0.1, 0.15) is 0 Å². The SMILES string of the molecule is CC1CCC(C(=O)Cc2ccccn2)(N(C)C)CC1. The number of nitrogens with zero attached hydrogens (tertiary/aromatic N) is 2. The number of rotatable bonds is 4. The minimum Gasteiger partial charge on any atom is -0.297 e. The lowest BCUT2D eigenvalue weighted by Crippen LogP contribution is -2.53. The van der Waals surface area contributed by atoms with Crippen LogP contribution in [-0.2, 0) is 11.2 Å². The van der Waals surface area contributed by atoms with E-state index < -0.39 is 0 Å². The zero-order chi connectivity index (χ0) is 13.9. The van der Waals surface area contributed by atoms with Crippen molar-refractivity contribution in [1.82, 2.24) is 9.88 Å². The summed E-state index contributed by atoms with van der Waals surface area (Å²) in [5.41, 5.74) is 0.608. The molecule has 0 saturated heterocycles. The highest BCUT2D eigenvalue weighted by Crippen LogP contribution is 2.36. The molecule has 0 aliphatic heterocycles. The number of likely N-dealkylation sites (N-methyl/N-ethyl adjacent to an activating group) is 1. The van der Waals surface area contributed by atoms with E-state index in [9.17, 15) is 4.79 Å². The Morgan fingerprint density at radius 1 is 1.37 bits per heavy atom. The molecule has 1 heterocycles. The number of hydrogen-bond donors (Lipinski definition) is 0. The Bertz CT molecular complexity index is 420. The predicted molar refractivity (Wildman–Crippen MR) is 77.0 cm³/mol. The van der Waals surface area contributed by atoms with Gasteiger partial charge in [0, 0.05) is 11.9 Å². The fourth-order valence-corrected chi connectivity index (χ4v) is 3.05. The molecule has 1 aliphatic rings. The zero-order valence-corrected chi connectivity index (χ0v) is 12.2. The van der Waals surface area contributed by atoms with Crippen LogP contribution in [0.2, 0.25) is 0 Å². The van der Waals surface area contributed by atoms with Crippen molar-refractivity contribution in [3.63, 3.8) is 0 Å². The molecule has 0 atom stereocenters. The Kier molecular flexibility index (Phi) is 4.35. The molecule has 1 fully saturated rings. The molecule has 3 heteroatoms. The average Bonchev–Trinajstić information content (AvgIpc) is 2.40. The summed E-state index contributed by atoms with van der Waals surface area (Å²) < 4.78 is 0. The highest BCUT2D eigenvalue weighted by molar-refractivity contribution is 5.90.